The van der Waals surface area contributed by atoms with Crippen LogP contribution >= 0.6 is 0 Å². The van der Waals surface area contributed by atoms with Crippen molar-refractivity contribution in [3.8, 4) is 6.07 Å². The van der Waals surface area contributed by atoms with Gasteiger partial charge in [-0.05, 0) is 30.9 Å². The maximum atomic E-state index is 9.17. The van der Waals surface area contributed by atoms with Gasteiger partial charge in [-0.15, -0.1) is 0 Å². The summed E-state index contributed by atoms with van der Waals surface area (Å²) in [5.74, 6) is 1.06. The summed E-state index contributed by atoms with van der Waals surface area (Å²) in [6.45, 7) is 1.93. The molecule has 1 aliphatic rings. The van der Waals surface area contributed by atoms with Gasteiger partial charge in [-0.1, -0.05) is 0 Å². The normalized spacial score (nSPS) is 20.5. The largest absolute Gasteiger partial charge is 0.396 e. The van der Waals surface area contributed by atoms with Gasteiger partial charge in [-0.3, -0.25) is 0 Å². The van der Waals surface area contributed by atoms with Crippen LogP contribution in [0.4, 0.5) is 5.82 Å². The minimum absolute atomic E-state index is 0.214. The lowest BCUT2D eigenvalue weighted by Gasteiger charge is -2.33. The molecular formula is C12H15N3O. The first-order valence-electron chi connectivity index (χ1n) is 5.56. The molecule has 0 radical (unpaired) electrons. The number of aliphatic hydroxyl groups is 1. The Balaban J connectivity index is 2.20. The first-order chi connectivity index (χ1) is 7.85. The predicted octanol–water partition coefficient (Wildman–Crippen LogP) is 1.16. The molecule has 1 atom stereocenters. The number of aromatic nitrogens is 1. The Morgan fingerprint density at radius 2 is 2.50 bits per heavy atom. The molecule has 84 valence electrons. The topological polar surface area (TPSA) is 60.2 Å². The zero-order chi connectivity index (χ0) is 11.4. The molecule has 1 fully saturated rings. The minimum Gasteiger partial charge on any atom is -0.396 e. The van der Waals surface area contributed by atoms with E-state index in [9.17, 15) is 5.11 Å². The quantitative estimate of drug-likeness (QED) is 0.807. The van der Waals surface area contributed by atoms with E-state index in [2.05, 4.69) is 16.0 Å². The van der Waals surface area contributed by atoms with Crippen LogP contribution in [0.3, 0.4) is 0 Å². The van der Waals surface area contributed by atoms with Crippen molar-refractivity contribution in [2.24, 2.45) is 5.92 Å². The number of aliphatic hydroxyl groups excluding tert-OH is 1. The van der Waals surface area contributed by atoms with E-state index in [0.717, 1.165) is 31.7 Å². The molecule has 0 amide bonds. The number of hydrogen-bond donors (Lipinski definition) is 1. The van der Waals surface area contributed by atoms with Gasteiger partial charge in [0.15, 0.2) is 0 Å². The van der Waals surface area contributed by atoms with Crippen molar-refractivity contribution in [1.29, 1.82) is 5.26 Å². The number of piperidine rings is 1. The smallest absolute Gasteiger partial charge is 0.146 e. The Morgan fingerprint density at radius 3 is 3.25 bits per heavy atom. The van der Waals surface area contributed by atoms with Gasteiger partial charge in [-0.2, -0.15) is 5.26 Å². The molecule has 0 unspecified atom stereocenters. The van der Waals surface area contributed by atoms with Crippen LogP contribution in [0.2, 0.25) is 0 Å². The van der Waals surface area contributed by atoms with Gasteiger partial charge in [-0.25, -0.2) is 4.98 Å². The molecular weight excluding hydrogens is 202 g/mol. The van der Waals surface area contributed by atoms with Crippen molar-refractivity contribution in [1.82, 2.24) is 4.98 Å². The van der Waals surface area contributed by atoms with Gasteiger partial charge >= 0.3 is 0 Å². The Morgan fingerprint density at radius 1 is 1.62 bits per heavy atom. The molecule has 0 saturated carbocycles. The number of rotatable bonds is 2. The maximum absolute atomic E-state index is 9.17. The van der Waals surface area contributed by atoms with Crippen molar-refractivity contribution in [3.63, 3.8) is 0 Å². The van der Waals surface area contributed by atoms with Crippen molar-refractivity contribution in [2.75, 3.05) is 24.6 Å². The van der Waals surface area contributed by atoms with Gasteiger partial charge in [0.1, 0.15) is 11.9 Å². The van der Waals surface area contributed by atoms with Crippen LogP contribution in [0.1, 0.15) is 18.4 Å². The highest BCUT2D eigenvalue weighted by molar-refractivity contribution is 5.53. The Labute approximate surface area is 95.1 Å². The standard InChI is InChI=1S/C12H15N3O/c13-7-11-4-1-5-14-12(11)15-6-2-3-10(8-15)9-16/h1,4-5,10,16H,2-3,6,8-9H2/t10-/m1/s1. The second kappa shape index (κ2) is 4.95. The van der Waals surface area contributed by atoms with Crippen LogP contribution < -0.4 is 4.90 Å². The third-order valence-electron chi connectivity index (χ3n) is 2.98. The number of hydrogen-bond acceptors (Lipinski definition) is 4. The monoisotopic (exact) mass is 217 g/mol. The Hall–Kier alpha value is -1.60. The van der Waals surface area contributed by atoms with Gasteiger partial charge in [0, 0.05) is 25.9 Å². The number of nitriles is 1. The second-order valence-electron chi connectivity index (χ2n) is 4.12. The van der Waals surface area contributed by atoms with E-state index in [4.69, 9.17) is 5.26 Å². The number of anilines is 1. The molecule has 4 nitrogen and oxygen atoms in total. The molecule has 1 N–H and O–H groups in total. The van der Waals surface area contributed by atoms with Gasteiger partial charge in [0.2, 0.25) is 0 Å². The summed E-state index contributed by atoms with van der Waals surface area (Å²) < 4.78 is 0. The van der Waals surface area contributed by atoms with Crippen LogP contribution in [-0.4, -0.2) is 29.8 Å². The summed E-state index contributed by atoms with van der Waals surface area (Å²) in [6.07, 6.45) is 3.81. The average Bonchev–Trinajstić information content (AvgIpc) is 2.38. The van der Waals surface area contributed by atoms with Crippen molar-refractivity contribution in [2.45, 2.75) is 12.8 Å². The summed E-state index contributed by atoms with van der Waals surface area (Å²) in [7, 11) is 0. The SMILES string of the molecule is N#Cc1cccnc1N1CCC[C@@H](CO)C1. The molecule has 1 aromatic rings. The lowest BCUT2D eigenvalue weighted by atomic mass is 9.99. The molecule has 0 bridgehead atoms. The average molecular weight is 217 g/mol. The summed E-state index contributed by atoms with van der Waals surface area (Å²) >= 11 is 0. The molecule has 0 aliphatic carbocycles. The van der Waals surface area contributed by atoms with Crippen molar-refractivity contribution in [3.05, 3.63) is 23.9 Å². The van der Waals surface area contributed by atoms with E-state index in [1.807, 2.05) is 0 Å². The van der Waals surface area contributed by atoms with E-state index in [1.54, 1.807) is 18.3 Å². The van der Waals surface area contributed by atoms with Crippen LogP contribution in [0.5, 0.6) is 0 Å². The fourth-order valence-electron chi connectivity index (χ4n) is 2.14. The Kier molecular flexibility index (Phi) is 3.37. The number of nitrogens with zero attached hydrogens (tertiary/aromatic N) is 3. The number of pyridine rings is 1. The summed E-state index contributed by atoms with van der Waals surface area (Å²) in [4.78, 5) is 6.36. The lowest BCUT2D eigenvalue weighted by Crippen LogP contribution is -2.37. The third kappa shape index (κ3) is 2.15. The highest BCUT2D eigenvalue weighted by atomic mass is 16.3. The van der Waals surface area contributed by atoms with Gasteiger partial charge in [0.25, 0.3) is 0 Å². The molecule has 2 rings (SSSR count). The summed E-state index contributed by atoms with van der Waals surface area (Å²) in [5.41, 5.74) is 0.612. The fourth-order valence-corrected chi connectivity index (χ4v) is 2.14. The van der Waals surface area contributed by atoms with E-state index < -0.39 is 0 Å². The molecule has 1 aromatic heterocycles. The molecule has 1 aliphatic heterocycles. The molecule has 4 heteroatoms. The molecule has 16 heavy (non-hydrogen) atoms. The van der Waals surface area contributed by atoms with Crippen LogP contribution in [-0.2, 0) is 0 Å². The van der Waals surface area contributed by atoms with Crippen molar-refractivity contribution >= 4 is 5.82 Å². The predicted molar refractivity (Wildman–Crippen MR) is 61.0 cm³/mol. The molecule has 1 saturated heterocycles. The van der Waals surface area contributed by atoms with Crippen LogP contribution in [0.15, 0.2) is 18.3 Å². The van der Waals surface area contributed by atoms with E-state index in [-0.39, 0.29) is 6.61 Å². The third-order valence-corrected chi connectivity index (χ3v) is 2.98. The van der Waals surface area contributed by atoms with E-state index >= 15 is 0 Å². The Bertz CT molecular complexity index is 399. The first kappa shape index (κ1) is 10.9. The second-order valence-corrected chi connectivity index (χ2v) is 4.12. The van der Waals surface area contributed by atoms with Crippen LogP contribution in [0, 0.1) is 17.2 Å². The zero-order valence-electron chi connectivity index (χ0n) is 9.13. The molecule has 0 spiro atoms. The highest BCUT2D eigenvalue weighted by Gasteiger charge is 2.21. The zero-order valence-corrected chi connectivity index (χ0v) is 9.13. The van der Waals surface area contributed by atoms with Gasteiger partial charge < -0.3 is 10.0 Å². The van der Waals surface area contributed by atoms with Crippen LogP contribution in [0.25, 0.3) is 0 Å². The summed E-state index contributed by atoms with van der Waals surface area (Å²) in [5, 5.41) is 18.2. The highest BCUT2D eigenvalue weighted by Crippen LogP contribution is 2.23. The lowest BCUT2D eigenvalue weighted by molar-refractivity contribution is 0.208. The maximum Gasteiger partial charge on any atom is 0.146 e. The molecule has 0 aromatic carbocycles. The van der Waals surface area contributed by atoms with Gasteiger partial charge in [0.05, 0.1) is 5.56 Å². The minimum atomic E-state index is 0.214. The van der Waals surface area contributed by atoms with E-state index in [0.29, 0.717) is 11.5 Å². The summed E-state index contributed by atoms with van der Waals surface area (Å²) in [6, 6.07) is 5.72. The van der Waals surface area contributed by atoms with Crippen molar-refractivity contribution < 1.29 is 5.11 Å². The fraction of sp³-hybridized carbons (Fsp3) is 0.500. The van der Waals surface area contributed by atoms with E-state index in [1.165, 1.54) is 0 Å². The molecule has 2 heterocycles. The first-order valence-corrected chi connectivity index (χ1v) is 5.56.